The second kappa shape index (κ2) is 5.29. The fourth-order valence-corrected chi connectivity index (χ4v) is 2.44. The van der Waals surface area contributed by atoms with Crippen LogP contribution in [0.2, 0.25) is 0 Å². The van der Waals surface area contributed by atoms with Crippen molar-refractivity contribution in [3.63, 3.8) is 0 Å². The van der Waals surface area contributed by atoms with Gasteiger partial charge in [0, 0.05) is 12.5 Å². The summed E-state index contributed by atoms with van der Waals surface area (Å²) in [7, 11) is 1.99. The normalized spacial score (nSPS) is 12.7. The molecule has 0 radical (unpaired) electrons. The maximum absolute atomic E-state index is 5.43. The molecule has 1 heterocycles. The van der Waals surface area contributed by atoms with E-state index in [2.05, 4.69) is 47.8 Å². The third-order valence-electron chi connectivity index (χ3n) is 3.51. The molecule has 96 valence electrons. The summed E-state index contributed by atoms with van der Waals surface area (Å²) in [6.45, 7) is 0. The van der Waals surface area contributed by atoms with E-state index in [1.54, 1.807) is 6.26 Å². The molecule has 2 heteroatoms. The first-order chi connectivity index (χ1) is 9.36. The van der Waals surface area contributed by atoms with Crippen LogP contribution in [0.4, 0.5) is 0 Å². The smallest absolute Gasteiger partial charge is 0.105 e. The molecule has 0 aliphatic carbocycles. The van der Waals surface area contributed by atoms with Gasteiger partial charge in [0.2, 0.25) is 0 Å². The Hall–Kier alpha value is -2.06. The fourth-order valence-electron chi connectivity index (χ4n) is 2.44. The minimum atomic E-state index is 0.274. The number of fused-ring (bicyclic) bond motifs is 1. The largest absolute Gasteiger partial charge is 0.469 e. The summed E-state index contributed by atoms with van der Waals surface area (Å²) in [6.07, 6.45) is 2.59. The topological polar surface area (TPSA) is 25.2 Å². The first-order valence-electron chi connectivity index (χ1n) is 6.55. The summed E-state index contributed by atoms with van der Waals surface area (Å²) in [5, 5.41) is 5.92. The number of hydrogen-bond donors (Lipinski definition) is 1. The minimum Gasteiger partial charge on any atom is -0.469 e. The highest BCUT2D eigenvalue weighted by molar-refractivity contribution is 5.83. The van der Waals surface area contributed by atoms with Crippen LogP contribution < -0.4 is 5.32 Å². The molecule has 0 aliphatic rings. The van der Waals surface area contributed by atoms with E-state index in [-0.39, 0.29) is 6.04 Å². The second-order valence-corrected chi connectivity index (χ2v) is 4.73. The second-order valence-electron chi connectivity index (χ2n) is 4.73. The van der Waals surface area contributed by atoms with Gasteiger partial charge in [-0.2, -0.15) is 0 Å². The third kappa shape index (κ3) is 2.54. The molecule has 1 unspecified atom stereocenters. The number of hydrogen-bond acceptors (Lipinski definition) is 2. The van der Waals surface area contributed by atoms with E-state index in [1.165, 1.54) is 16.3 Å². The first-order valence-corrected chi connectivity index (χ1v) is 6.55. The van der Waals surface area contributed by atoms with Crippen LogP contribution >= 0.6 is 0 Å². The molecule has 0 fully saturated rings. The Bertz CT molecular complexity index is 658. The zero-order chi connectivity index (χ0) is 13.1. The summed E-state index contributed by atoms with van der Waals surface area (Å²) in [4.78, 5) is 0. The molecular formula is C17H17NO. The average molecular weight is 251 g/mol. The lowest BCUT2D eigenvalue weighted by Gasteiger charge is -2.16. The van der Waals surface area contributed by atoms with Crippen molar-refractivity contribution in [2.24, 2.45) is 0 Å². The van der Waals surface area contributed by atoms with Crippen LogP contribution in [0.5, 0.6) is 0 Å². The Balaban J connectivity index is 1.92. The Labute approximate surface area is 113 Å². The van der Waals surface area contributed by atoms with Gasteiger partial charge in [-0.1, -0.05) is 36.4 Å². The molecule has 1 aromatic heterocycles. The molecule has 3 aromatic rings. The van der Waals surface area contributed by atoms with Gasteiger partial charge in [0.05, 0.1) is 6.26 Å². The molecule has 1 atom stereocenters. The van der Waals surface area contributed by atoms with Gasteiger partial charge < -0.3 is 9.73 Å². The zero-order valence-electron chi connectivity index (χ0n) is 11.0. The van der Waals surface area contributed by atoms with Crippen LogP contribution in [-0.2, 0) is 6.42 Å². The summed E-state index contributed by atoms with van der Waals surface area (Å²) >= 11 is 0. The number of nitrogens with one attached hydrogen (secondary N) is 1. The van der Waals surface area contributed by atoms with Crippen LogP contribution in [-0.4, -0.2) is 7.05 Å². The highest BCUT2D eigenvalue weighted by atomic mass is 16.3. The number of likely N-dealkylation sites (N-methyl/N-ethyl adjacent to an activating group) is 1. The van der Waals surface area contributed by atoms with Crippen molar-refractivity contribution in [1.82, 2.24) is 5.32 Å². The van der Waals surface area contributed by atoms with Gasteiger partial charge in [-0.25, -0.2) is 0 Å². The van der Waals surface area contributed by atoms with Crippen molar-refractivity contribution in [3.8, 4) is 0 Å². The molecular weight excluding hydrogens is 234 g/mol. The molecule has 0 saturated carbocycles. The molecule has 0 bridgehead atoms. The lowest BCUT2D eigenvalue weighted by atomic mass is 9.99. The predicted molar refractivity (Wildman–Crippen MR) is 78.2 cm³/mol. The predicted octanol–water partition coefficient (Wildman–Crippen LogP) is 3.94. The van der Waals surface area contributed by atoms with Gasteiger partial charge in [-0.15, -0.1) is 0 Å². The van der Waals surface area contributed by atoms with E-state index in [0.29, 0.717) is 0 Å². The molecule has 0 saturated heterocycles. The summed E-state index contributed by atoms with van der Waals surface area (Å²) in [5.41, 5.74) is 1.29. The molecule has 2 nitrogen and oxygen atoms in total. The fraction of sp³-hybridized carbons (Fsp3) is 0.176. The molecule has 0 aliphatic heterocycles. The molecule has 19 heavy (non-hydrogen) atoms. The van der Waals surface area contributed by atoms with Crippen LogP contribution in [0.1, 0.15) is 17.4 Å². The quantitative estimate of drug-likeness (QED) is 0.760. The van der Waals surface area contributed by atoms with Crippen LogP contribution in [0.3, 0.4) is 0 Å². The first kappa shape index (κ1) is 12.0. The molecule has 1 N–H and O–H groups in total. The van der Waals surface area contributed by atoms with E-state index < -0.39 is 0 Å². The van der Waals surface area contributed by atoms with Crippen LogP contribution in [0.25, 0.3) is 10.8 Å². The summed E-state index contributed by atoms with van der Waals surface area (Å²) in [5.74, 6) is 1.01. The third-order valence-corrected chi connectivity index (χ3v) is 3.51. The SMILES string of the molecule is CNC(Cc1ccco1)c1ccc2ccccc2c1. The highest BCUT2D eigenvalue weighted by Crippen LogP contribution is 2.23. The van der Waals surface area contributed by atoms with Crippen LogP contribution in [0.15, 0.2) is 65.3 Å². The van der Waals surface area contributed by atoms with Gasteiger partial charge in [0.25, 0.3) is 0 Å². The Kier molecular flexibility index (Phi) is 3.34. The van der Waals surface area contributed by atoms with Gasteiger partial charge in [-0.05, 0) is 41.6 Å². The monoisotopic (exact) mass is 251 g/mol. The number of rotatable bonds is 4. The van der Waals surface area contributed by atoms with Gasteiger partial charge in [-0.3, -0.25) is 0 Å². The Morgan fingerprint density at radius 3 is 2.58 bits per heavy atom. The van der Waals surface area contributed by atoms with E-state index in [4.69, 9.17) is 4.42 Å². The molecule has 3 rings (SSSR count). The minimum absolute atomic E-state index is 0.274. The summed E-state index contributed by atoms with van der Waals surface area (Å²) in [6, 6.07) is 19.3. The van der Waals surface area contributed by atoms with E-state index in [1.807, 2.05) is 19.2 Å². The maximum Gasteiger partial charge on any atom is 0.105 e. The van der Waals surface area contributed by atoms with Crippen molar-refractivity contribution < 1.29 is 4.42 Å². The lowest BCUT2D eigenvalue weighted by molar-refractivity contribution is 0.466. The number of benzene rings is 2. The Morgan fingerprint density at radius 2 is 1.84 bits per heavy atom. The van der Waals surface area contributed by atoms with E-state index >= 15 is 0 Å². The zero-order valence-corrected chi connectivity index (χ0v) is 11.0. The summed E-state index contributed by atoms with van der Waals surface area (Å²) < 4.78 is 5.43. The highest BCUT2D eigenvalue weighted by Gasteiger charge is 2.12. The maximum atomic E-state index is 5.43. The van der Waals surface area contributed by atoms with Crippen molar-refractivity contribution >= 4 is 10.8 Å². The molecule has 0 amide bonds. The van der Waals surface area contributed by atoms with Gasteiger partial charge in [0.1, 0.15) is 5.76 Å². The lowest BCUT2D eigenvalue weighted by Crippen LogP contribution is -2.18. The van der Waals surface area contributed by atoms with Crippen molar-refractivity contribution in [2.75, 3.05) is 7.05 Å². The van der Waals surface area contributed by atoms with E-state index in [0.717, 1.165) is 12.2 Å². The van der Waals surface area contributed by atoms with Gasteiger partial charge >= 0.3 is 0 Å². The molecule has 2 aromatic carbocycles. The standard InChI is InChI=1S/C17H17NO/c1-18-17(12-16-7-4-10-19-16)15-9-8-13-5-2-3-6-14(13)11-15/h2-11,17-18H,12H2,1H3. The van der Waals surface area contributed by atoms with Gasteiger partial charge in [0.15, 0.2) is 0 Å². The van der Waals surface area contributed by atoms with Crippen LogP contribution in [0, 0.1) is 0 Å². The van der Waals surface area contributed by atoms with Crippen molar-refractivity contribution in [2.45, 2.75) is 12.5 Å². The van der Waals surface area contributed by atoms with Crippen molar-refractivity contribution in [3.05, 3.63) is 72.2 Å². The van der Waals surface area contributed by atoms with Crippen molar-refractivity contribution in [1.29, 1.82) is 0 Å². The average Bonchev–Trinajstić information content (AvgIpc) is 2.97. The number of furan rings is 1. The Morgan fingerprint density at radius 1 is 1.00 bits per heavy atom. The van der Waals surface area contributed by atoms with E-state index in [9.17, 15) is 0 Å². The molecule has 0 spiro atoms.